The van der Waals surface area contributed by atoms with E-state index in [1.54, 1.807) is 18.3 Å². The van der Waals surface area contributed by atoms with Crippen LogP contribution in [0.25, 0.3) is 10.9 Å². The van der Waals surface area contributed by atoms with Crippen LogP contribution in [0.2, 0.25) is 0 Å². The second kappa shape index (κ2) is 6.02. The molecule has 1 saturated carbocycles. The number of aromatic nitrogens is 1. The predicted octanol–water partition coefficient (Wildman–Crippen LogP) is 3.52. The molecule has 0 unspecified atom stereocenters. The zero-order chi connectivity index (χ0) is 14.7. The SMILES string of the molecule is O=S(=O)(CC1CCCCC1)Oc1cccc2cccnc12. The number of rotatable bonds is 4. The van der Waals surface area contributed by atoms with Gasteiger partial charge in [-0.2, -0.15) is 8.42 Å². The third-order valence-electron chi connectivity index (χ3n) is 3.98. The Morgan fingerprint density at radius 3 is 2.67 bits per heavy atom. The number of hydrogen-bond donors (Lipinski definition) is 0. The molecule has 1 aliphatic carbocycles. The molecule has 21 heavy (non-hydrogen) atoms. The van der Waals surface area contributed by atoms with Crippen LogP contribution in [0.3, 0.4) is 0 Å². The van der Waals surface area contributed by atoms with Crippen LogP contribution in [0.4, 0.5) is 0 Å². The second-order valence-corrected chi connectivity index (χ2v) is 7.26. The summed E-state index contributed by atoms with van der Waals surface area (Å²) in [7, 11) is -3.57. The van der Waals surface area contributed by atoms with Gasteiger partial charge in [-0.1, -0.05) is 37.5 Å². The van der Waals surface area contributed by atoms with Gasteiger partial charge in [-0.15, -0.1) is 0 Å². The van der Waals surface area contributed by atoms with Crippen molar-refractivity contribution >= 4 is 21.0 Å². The summed E-state index contributed by atoms with van der Waals surface area (Å²) in [5, 5.41) is 0.878. The third kappa shape index (κ3) is 3.53. The topological polar surface area (TPSA) is 56.3 Å². The van der Waals surface area contributed by atoms with E-state index in [-0.39, 0.29) is 11.7 Å². The van der Waals surface area contributed by atoms with Gasteiger partial charge in [0.2, 0.25) is 0 Å². The van der Waals surface area contributed by atoms with Crippen LogP contribution in [0.15, 0.2) is 36.5 Å². The van der Waals surface area contributed by atoms with Gasteiger partial charge in [-0.05, 0) is 30.9 Å². The Balaban J connectivity index is 1.80. The van der Waals surface area contributed by atoms with Crippen LogP contribution in [0.1, 0.15) is 32.1 Å². The molecule has 112 valence electrons. The van der Waals surface area contributed by atoms with E-state index in [9.17, 15) is 8.42 Å². The number of pyridine rings is 1. The van der Waals surface area contributed by atoms with Gasteiger partial charge in [0.15, 0.2) is 5.75 Å². The van der Waals surface area contributed by atoms with Gasteiger partial charge in [0, 0.05) is 11.6 Å². The lowest BCUT2D eigenvalue weighted by Gasteiger charge is -2.21. The monoisotopic (exact) mass is 305 g/mol. The summed E-state index contributed by atoms with van der Waals surface area (Å²) in [4.78, 5) is 4.22. The van der Waals surface area contributed by atoms with Crippen molar-refractivity contribution in [1.29, 1.82) is 0 Å². The molecule has 3 rings (SSSR count). The van der Waals surface area contributed by atoms with E-state index in [4.69, 9.17) is 4.18 Å². The highest BCUT2D eigenvalue weighted by Crippen LogP contribution is 2.28. The smallest absolute Gasteiger partial charge is 0.309 e. The molecule has 1 aromatic heterocycles. The molecule has 0 saturated heterocycles. The van der Waals surface area contributed by atoms with E-state index in [0.29, 0.717) is 11.3 Å². The largest absolute Gasteiger partial charge is 0.380 e. The lowest BCUT2D eigenvalue weighted by atomic mass is 9.91. The van der Waals surface area contributed by atoms with E-state index < -0.39 is 10.1 Å². The zero-order valence-electron chi connectivity index (χ0n) is 11.9. The van der Waals surface area contributed by atoms with Gasteiger partial charge in [0.1, 0.15) is 5.52 Å². The van der Waals surface area contributed by atoms with Crippen LogP contribution in [0.5, 0.6) is 5.75 Å². The highest BCUT2D eigenvalue weighted by molar-refractivity contribution is 7.87. The van der Waals surface area contributed by atoms with Gasteiger partial charge >= 0.3 is 10.1 Å². The molecular weight excluding hydrogens is 286 g/mol. The van der Waals surface area contributed by atoms with Crippen molar-refractivity contribution in [1.82, 2.24) is 4.98 Å². The lowest BCUT2D eigenvalue weighted by Crippen LogP contribution is -2.22. The van der Waals surface area contributed by atoms with E-state index >= 15 is 0 Å². The highest BCUT2D eigenvalue weighted by atomic mass is 32.2. The summed E-state index contributed by atoms with van der Waals surface area (Å²) < 4.78 is 29.9. The first kappa shape index (κ1) is 14.3. The first-order valence-corrected chi connectivity index (χ1v) is 8.98. The number of fused-ring (bicyclic) bond motifs is 1. The van der Waals surface area contributed by atoms with Crippen LogP contribution in [-0.2, 0) is 10.1 Å². The summed E-state index contributed by atoms with van der Waals surface area (Å²) in [5.74, 6) is 0.659. The summed E-state index contributed by atoms with van der Waals surface area (Å²) in [6.07, 6.45) is 7.06. The Morgan fingerprint density at radius 2 is 1.86 bits per heavy atom. The summed E-state index contributed by atoms with van der Waals surface area (Å²) in [6.45, 7) is 0. The van der Waals surface area contributed by atoms with Crippen molar-refractivity contribution < 1.29 is 12.6 Å². The van der Waals surface area contributed by atoms with Gasteiger partial charge in [0.05, 0.1) is 5.75 Å². The van der Waals surface area contributed by atoms with Crippen molar-refractivity contribution in [2.45, 2.75) is 32.1 Å². The molecule has 0 radical (unpaired) electrons. The highest BCUT2D eigenvalue weighted by Gasteiger charge is 2.23. The number of hydrogen-bond acceptors (Lipinski definition) is 4. The number of para-hydroxylation sites is 1. The van der Waals surface area contributed by atoms with E-state index in [2.05, 4.69) is 4.98 Å². The minimum atomic E-state index is -3.57. The Labute approximate surface area is 125 Å². The Bertz CT molecular complexity index is 716. The van der Waals surface area contributed by atoms with Crippen LogP contribution >= 0.6 is 0 Å². The second-order valence-electron chi connectivity index (χ2n) is 5.64. The summed E-state index contributed by atoms with van der Waals surface area (Å²) >= 11 is 0. The lowest BCUT2D eigenvalue weighted by molar-refractivity contribution is 0.375. The maximum atomic E-state index is 12.3. The fourth-order valence-electron chi connectivity index (χ4n) is 2.96. The van der Waals surface area contributed by atoms with Crippen LogP contribution < -0.4 is 4.18 Å². The van der Waals surface area contributed by atoms with Crippen molar-refractivity contribution in [3.8, 4) is 5.75 Å². The average Bonchev–Trinajstić information content (AvgIpc) is 2.48. The molecule has 0 aliphatic heterocycles. The molecule has 5 heteroatoms. The fraction of sp³-hybridized carbons (Fsp3) is 0.438. The first-order valence-electron chi connectivity index (χ1n) is 7.40. The van der Waals surface area contributed by atoms with E-state index in [1.165, 1.54) is 6.42 Å². The fourth-order valence-corrected chi connectivity index (χ4v) is 4.34. The van der Waals surface area contributed by atoms with Gasteiger partial charge in [0.25, 0.3) is 0 Å². The molecule has 4 nitrogen and oxygen atoms in total. The standard InChI is InChI=1S/C16H19NO3S/c18-21(19,12-13-6-2-1-3-7-13)20-15-10-4-8-14-9-5-11-17-16(14)15/h4-5,8-11,13H,1-3,6-7,12H2. The normalized spacial score (nSPS) is 17.0. The van der Waals surface area contributed by atoms with Crippen molar-refractivity contribution in [3.63, 3.8) is 0 Å². The maximum absolute atomic E-state index is 12.3. The minimum absolute atomic E-state index is 0.107. The molecule has 0 amide bonds. The molecule has 1 aliphatic rings. The summed E-state index contributed by atoms with van der Waals surface area (Å²) in [6, 6.07) is 9.05. The number of benzene rings is 1. The quantitative estimate of drug-likeness (QED) is 0.811. The number of nitrogens with zero attached hydrogens (tertiary/aromatic N) is 1. The predicted molar refractivity (Wildman–Crippen MR) is 82.7 cm³/mol. The Kier molecular flexibility index (Phi) is 4.10. The molecule has 0 N–H and O–H groups in total. The molecule has 1 fully saturated rings. The van der Waals surface area contributed by atoms with Gasteiger partial charge in [-0.25, -0.2) is 0 Å². The van der Waals surface area contributed by atoms with Gasteiger partial charge in [-0.3, -0.25) is 4.98 Å². The van der Waals surface area contributed by atoms with Crippen molar-refractivity contribution in [2.24, 2.45) is 5.92 Å². The Morgan fingerprint density at radius 1 is 1.10 bits per heavy atom. The molecule has 0 spiro atoms. The molecule has 1 heterocycles. The van der Waals surface area contributed by atoms with Gasteiger partial charge < -0.3 is 4.18 Å². The zero-order valence-corrected chi connectivity index (χ0v) is 12.7. The average molecular weight is 305 g/mol. The first-order chi connectivity index (χ1) is 10.1. The maximum Gasteiger partial charge on any atom is 0.309 e. The molecule has 2 aromatic rings. The Hall–Kier alpha value is -1.62. The van der Waals surface area contributed by atoms with E-state index in [0.717, 1.165) is 31.1 Å². The molecule has 1 aromatic carbocycles. The summed E-state index contributed by atoms with van der Waals surface area (Å²) in [5.41, 5.74) is 0.590. The van der Waals surface area contributed by atoms with Crippen molar-refractivity contribution in [3.05, 3.63) is 36.5 Å². The van der Waals surface area contributed by atoms with E-state index in [1.807, 2.05) is 18.2 Å². The molecule has 0 bridgehead atoms. The molecular formula is C16H19NO3S. The van der Waals surface area contributed by atoms with Crippen molar-refractivity contribution in [2.75, 3.05) is 5.75 Å². The third-order valence-corrected chi connectivity index (χ3v) is 5.29. The molecule has 0 atom stereocenters. The van der Waals surface area contributed by atoms with Crippen LogP contribution in [-0.4, -0.2) is 19.2 Å². The minimum Gasteiger partial charge on any atom is -0.380 e. The van der Waals surface area contributed by atoms with Crippen LogP contribution in [0, 0.1) is 5.92 Å².